The van der Waals surface area contributed by atoms with Crippen LogP contribution < -0.4 is 5.73 Å². The molecular formula is C10H9F2NS. The molecule has 0 radical (unpaired) electrons. The van der Waals surface area contributed by atoms with Gasteiger partial charge in [-0.3, -0.25) is 0 Å². The number of rotatable bonds is 2. The van der Waals surface area contributed by atoms with Crippen LogP contribution in [0.1, 0.15) is 11.6 Å². The van der Waals surface area contributed by atoms with Gasteiger partial charge in [0.2, 0.25) is 0 Å². The van der Waals surface area contributed by atoms with Gasteiger partial charge in [-0.2, -0.15) is 0 Å². The summed E-state index contributed by atoms with van der Waals surface area (Å²) < 4.78 is 25.7. The third-order valence-electron chi connectivity index (χ3n) is 2.14. The zero-order valence-electron chi connectivity index (χ0n) is 7.28. The van der Waals surface area contributed by atoms with Crippen LogP contribution in [0.2, 0.25) is 0 Å². The molecule has 2 rings (SSSR count). The predicted octanol–water partition coefficient (Wildman–Crippen LogP) is 3.17. The van der Waals surface area contributed by atoms with Crippen molar-refractivity contribution in [3.05, 3.63) is 35.2 Å². The van der Waals surface area contributed by atoms with Gasteiger partial charge in [-0.15, -0.1) is 11.3 Å². The summed E-state index contributed by atoms with van der Waals surface area (Å²) in [6, 6.07) is 6.04. The fraction of sp³-hybridized carbons (Fsp3) is 0.200. The highest BCUT2D eigenvalue weighted by Crippen LogP contribution is 2.30. The topological polar surface area (TPSA) is 26.0 Å². The Hall–Kier alpha value is -1.00. The van der Waals surface area contributed by atoms with Crippen LogP contribution >= 0.6 is 11.3 Å². The average Bonchev–Trinajstić information content (AvgIpc) is 2.63. The first-order valence-corrected chi connectivity index (χ1v) is 5.08. The van der Waals surface area contributed by atoms with Crippen LogP contribution in [0.3, 0.4) is 0 Å². The van der Waals surface area contributed by atoms with Gasteiger partial charge in [0.1, 0.15) is 0 Å². The number of benzene rings is 1. The highest BCUT2D eigenvalue weighted by molar-refractivity contribution is 7.17. The van der Waals surface area contributed by atoms with Crippen molar-refractivity contribution in [2.45, 2.75) is 12.5 Å². The molecule has 74 valence electrons. The second-order valence-corrected chi connectivity index (χ2v) is 3.96. The molecule has 0 amide bonds. The maximum Gasteiger partial charge on any atom is 0.257 e. The van der Waals surface area contributed by atoms with Crippen LogP contribution in [0.15, 0.2) is 29.6 Å². The van der Waals surface area contributed by atoms with E-state index in [2.05, 4.69) is 0 Å². The average molecular weight is 213 g/mol. The van der Waals surface area contributed by atoms with Crippen molar-refractivity contribution in [1.82, 2.24) is 0 Å². The lowest BCUT2D eigenvalue weighted by Gasteiger charge is -2.11. The third kappa shape index (κ3) is 1.51. The fourth-order valence-corrected chi connectivity index (χ4v) is 2.38. The molecule has 0 saturated heterocycles. The summed E-state index contributed by atoms with van der Waals surface area (Å²) in [4.78, 5) is 0. The molecule has 14 heavy (non-hydrogen) atoms. The lowest BCUT2D eigenvalue weighted by atomic mass is 10.1. The van der Waals surface area contributed by atoms with E-state index in [9.17, 15) is 8.78 Å². The Labute approximate surface area is 84.2 Å². The number of nitrogens with two attached hydrogens (primary N) is 1. The van der Waals surface area contributed by atoms with Crippen molar-refractivity contribution in [2.75, 3.05) is 0 Å². The van der Waals surface area contributed by atoms with E-state index in [-0.39, 0.29) is 0 Å². The Morgan fingerprint density at radius 1 is 1.21 bits per heavy atom. The molecule has 0 bridgehead atoms. The zero-order chi connectivity index (χ0) is 10.1. The Kier molecular flexibility index (Phi) is 2.48. The normalized spacial score (nSPS) is 13.7. The molecule has 2 N–H and O–H groups in total. The zero-order valence-corrected chi connectivity index (χ0v) is 8.10. The molecule has 4 heteroatoms. The molecule has 0 aliphatic heterocycles. The van der Waals surface area contributed by atoms with Crippen molar-refractivity contribution in [1.29, 1.82) is 0 Å². The van der Waals surface area contributed by atoms with Crippen LogP contribution in [-0.2, 0) is 0 Å². The van der Waals surface area contributed by atoms with Crippen LogP contribution in [-0.4, -0.2) is 6.43 Å². The highest BCUT2D eigenvalue weighted by Gasteiger charge is 2.19. The molecule has 1 aromatic heterocycles. The van der Waals surface area contributed by atoms with Crippen molar-refractivity contribution < 1.29 is 8.78 Å². The Morgan fingerprint density at radius 3 is 2.71 bits per heavy atom. The van der Waals surface area contributed by atoms with Crippen molar-refractivity contribution in [2.24, 2.45) is 5.73 Å². The molecular weight excluding hydrogens is 204 g/mol. The highest BCUT2D eigenvalue weighted by atomic mass is 32.1. The maximum atomic E-state index is 12.4. The number of thiophene rings is 1. The molecule has 2 aromatic rings. The molecule has 1 unspecified atom stereocenters. The van der Waals surface area contributed by atoms with Gasteiger partial charge in [-0.05, 0) is 22.4 Å². The molecule has 1 atom stereocenters. The summed E-state index contributed by atoms with van der Waals surface area (Å²) in [5, 5.41) is 2.86. The van der Waals surface area contributed by atoms with Gasteiger partial charge in [0.25, 0.3) is 6.43 Å². The molecule has 1 aromatic carbocycles. The Morgan fingerprint density at radius 2 is 2.00 bits per heavy atom. The minimum Gasteiger partial charge on any atom is -0.319 e. The van der Waals surface area contributed by atoms with Gasteiger partial charge >= 0.3 is 0 Å². The summed E-state index contributed by atoms with van der Waals surface area (Å²) in [6.07, 6.45) is -2.51. The number of hydrogen-bond donors (Lipinski definition) is 1. The summed E-state index contributed by atoms with van der Waals surface area (Å²) in [7, 11) is 0. The van der Waals surface area contributed by atoms with E-state index in [1.807, 2.05) is 17.5 Å². The summed E-state index contributed by atoms with van der Waals surface area (Å²) in [5.41, 5.74) is 5.95. The van der Waals surface area contributed by atoms with E-state index in [0.29, 0.717) is 5.56 Å². The second-order valence-electron chi connectivity index (χ2n) is 3.05. The first-order valence-electron chi connectivity index (χ1n) is 4.20. The number of fused-ring (bicyclic) bond motifs is 1. The number of halogens is 2. The van der Waals surface area contributed by atoms with E-state index in [1.165, 1.54) is 11.3 Å². The van der Waals surface area contributed by atoms with Crippen LogP contribution in [0, 0.1) is 0 Å². The molecule has 1 heterocycles. The van der Waals surface area contributed by atoms with E-state index in [4.69, 9.17) is 5.73 Å². The Bertz CT molecular complexity index is 438. The van der Waals surface area contributed by atoms with Crippen molar-refractivity contribution in [3.63, 3.8) is 0 Å². The molecule has 0 fully saturated rings. The predicted molar refractivity (Wildman–Crippen MR) is 54.8 cm³/mol. The van der Waals surface area contributed by atoms with Gasteiger partial charge < -0.3 is 5.73 Å². The van der Waals surface area contributed by atoms with Gasteiger partial charge in [0.05, 0.1) is 6.04 Å². The monoisotopic (exact) mass is 213 g/mol. The van der Waals surface area contributed by atoms with Gasteiger partial charge in [-0.25, -0.2) is 8.78 Å². The first kappa shape index (κ1) is 9.55. The second kappa shape index (κ2) is 3.63. The van der Waals surface area contributed by atoms with Gasteiger partial charge in [0.15, 0.2) is 0 Å². The lowest BCUT2D eigenvalue weighted by molar-refractivity contribution is 0.117. The van der Waals surface area contributed by atoms with E-state index >= 15 is 0 Å². The lowest BCUT2D eigenvalue weighted by Crippen LogP contribution is -2.18. The Balaban J connectivity index is 2.56. The van der Waals surface area contributed by atoms with E-state index in [1.54, 1.807) is 12.1 Å². The standard InChI is InChI=1S/C10H9F2NS/c11-10(12)8(13)7-3-1-2-6-4-5-14-9(6)7/h1-5,8,10H,13H2. The van der Waals surface area contributed by atoms with Gasteiger partial charge in [-0.1, -0.05) is 18.2 Å². The van der Waals surface area contributed by atoms with E-state index < -0.39 is 12.5 Å². The summed E-state index contributed by atoms with van der Waals surface area (Å²) >= 11 is 1.45. The molecule has 0 spiro atoms. The van der Waals surface area contributed by atoms with Crippen LogP contribution in [0.4, 0.5) is 8.78 Å². The largest absolute Gasteiger partial charge is 0.319 e. The summed E-state index contributed by atoms with van der Waals surface area (Å²) in [5.74, 6) is 0. The molecule has 0 aliphatic carbocycles. The van der Waals surface area contributed by atoms with E-state index in [0.717, 1.165) is 10.1 Å². The third-order valence-corrected chi connectivity index (χ3v) is 3.12. The number of alkyl halides is 2. The first-order chi connectivity index (χ1) is 6.70. The summed E-state index contributed by atoms with van der Waals surface area (Å²) in [6.45, 7) is 0. The minimum absolute atomic E-state index is 0.535. The van der Waals surface area contributed by atoms with Crippen LogP contribution in [0.5, 0.6) is 0 Å². The molecule has 0 aliphatic rings. The minimum atomic E-state index is -2.51. The number of hydrogen-bond acceptors (Lipinski definition) is 2. The quantitative estimate of drug-likeness (QED) is 0.814. The van der Waals surface area contributed by atoms with Gasteiger partial charge in [0, 0.05) is 4.70 Å². The molecule has 1 nitrogen and oxygen atoms in total. The molecule has 0 saturated carbocycles. The van der Waals surface area contributed by atoms with Crippen molar-refractivity contribution in [3.8, 4) is 0 Å². The van der Waals surface area contributed by atoms with Crippen molar-refractivity contribution >= 4 is 21.4 Å². The SMILES string of the molecule is NC(c1cccc2ccsc12)C(F)F. The fourth-order valence-electron chi connectivity index (χ4n) is 1.41. The maximum absolute atomic E-state index is 12.4. The smallest absolute Gasteiger partial charge is 0.257 e. The van der Waals surface area contributed by atoms with Crippen LogP contribution in [0.25, 0.3) is 10.1 Å².